The molecule has 1 aromatic heterocycles. The van der Waals surface area contributed by atoms with E-state index in [4.69, 9.17) is 16.3 Å². The fraction of sp³-hybridized carbons (Fsp3) is 0.455. The van der Waals surface area contributed by atoms with Gasteiger partial charge in [-0.2, -0.15) is 5.10 Å². The molecule has 1 aromatic carbocycles. The van der Waals surface area contributed by atoms with Crippen LogP contribution in [0.3, 0.4) is 0 Å². The third-order valence-corrected chi connectivity index (χ3v) is 6.39. The Morgan fingerprint density at radius 1 is 1.09 bits per heavy atom. The van der Waals surface area contributed by atoms with E-state index >= 15 is 0 Å². The summed E-state index contributed by atoms with van der Waals surface area (Å²) in [6.45, 7) is 1.03. The number of carbonyl (C=O) groups is 2. The smallest absolute Gasteiger partial charge is 0.407 e. The maximum absolute atomic E-state index is 13.0. The number of halogens is 2. The van der Waals surface area contributed by atoms with Gasteiger partial charge in [0.15, 0.2) is 0 Å². The first-order valence-electron chi connectivity index (χ1n) is 11.2. The van der Waals surface area contributed by atoms with E-state index in [1.807, 2.05) is 4.90 Å². The Hall–Kier alpha value is -3.34. The van der Waals surface area contributed by atoms with Crippen molar-refractivity contribution < 1.29 is 18.7 Å². The van der Waals surface area contributed by atoms with Gasteiger partial charge in [0.05, 0.1) is 18.4 Å². The van der Waals surface area contributed by atoms with Gasteiger partial charge in [-0.25, -0.2) is 19.1 Å². The number of aromatic amines is 1. The van der Waals surface area contributed by atoms with Crippen LogP contribution in [0.4, 0.5) is 25.4 Å². The maximum Gasteiger partial charge on any atom is 0.407 e. The molecule has 34 heavy (non-hydrogen) atoms. The van der Waals surface area contributed by atoms with E-state index < -0.39 is 11.7 Å². The number of urea groups is 1. The van der Waals surface area contributed by atoms with Gasteiger partial charge in [0.25, 0.3) is 5.56 Å². The van der Waals surface area contributed by atoms with Crippen LogP contribution in [-0.2, 0) is 4.74 Å². The van der Waals surface area contributed by atoms with Crippen LogP contribution in [0.5, 0.6) is 0 Å². The summed E-state index contributed by atoms with van der Waals surface area (Å²) >= 11 is 6.06. The van der Waals surface area contributed by atoms with Crippen LogP contribution in [-0.4, -0.2) is 53.6 Å². The molecule has 2 aromatic rings. The Morgan fingerprint density at radius 2 is 1.76 bits per heavy atom. The number of amides is 3. The van der Waals surface area contributed by atoms with Gasteiger partial charge in [-0.1, -0.05) is 11.6 Å². The summed E-state index contributed by atoms with van der Waals surface area (Å²) in [6.07, 6.45) is 4.16. The van der Waals surface area contributed by atoms with Crippen molar-refractivity contribution in [2.75, 3.05) is 23.3 Å². The van der Waals surface area contributed by atoms with Gasteiger partial charge < -0.3 is 25.6 Å². The van der Waals surface area contributed by atoms with E-state index in [2.05, 4.69) is 26.1 Å². The van der Waals surface area contributed by atoms with Crippen molar-refractivity contribution in [3.05, 3.63) is 51.7 Å². The second-order valence-corrected chi connectivity index (χ2v) is 8.84. The molecule has 0 radical (unpaired) electrons. The zero-order valence-corrected chi connectivity index (χ0v) is 19.1. The number of hydrogen-bond donors (Lipinski definition) is 4. The van der Waals surface area contributed by atoms with Crippen molar-refractivity contribution in [1.82, 2.24) is 20.8 Å². The molecule has 12 heteroatoms. The number of nitrogens with one attached hydrogen (secondary N) is 4. The zero-order chi connectivity index (χ0) is 24.1. The van der Waals surface area contributed by atoms with E-state index in [0.717, 1.165) is 0 Å². The van der Waals surface area contributed by atoms with Gasteiger partial charge >= 0.3 is 12.1 Å². The molecular weight excluding hydrogens is 467 g/mol. The predicted octanol–water partition coefficient (Wildman–Crippen LogP) is 3.00. The third kappa shape index (κ3) is 6.16. The van der Waals surface area contributed by atoms with Crippen molar-refractivity contribution in [2.24, 2.45) is 0 Å². The number of benzene rings is 1. The highest BCUT2D eigenvalue weighted by atomic mass is 35.5. The molecule has 2 aliphatic rings. The average Bonchev–Trinajstić information content (AvgIpc) is 3.26. The first-order valence-corrected chi connectivity index (χ1v) is 11.5. The highest BCUT2D eigenvalue weighted by molar-refractivity contribution is 6.33. The highest BCUT2D eigenvalue weighted by Gasteiger charge is 2.29. The van der Waals surface area contributed by atoms with Gasteiger partial charge in [-0.05, 0) is 49.9 Å². The molecule has 2 heterocycles. The number of anilines is 2. The minimum atomic E-state index is -0.479. The lowest BCUT2D eigenvalue weighted by Crippen LogP contribution is -2.45. The molecule has 1 saturated carbocycles. The van der Waals surface area contributed by atoms with Crippen molar-refractivity contribution in [1.29, 1.82) is 0 Å². The number of H-pyrrole nitrogens is 1. The summed E-state index contributed by atoms with van der Waals surface area (Å²) in [6, 6.07) is 5.17. The molecule has 1 atom stereocenters. The summed E-state index contributed by atoms with van der Waals surface area (Å²) in [7, 11) is 0. The van der Waals surface area contributed by atoms with E-state index in [1.165, 1.54) is 30.5 Å². The van der Waals surface area contributed by atoms with Gasteiger partial charge in [0.1, 0.15) is 16.9 Å². The van der Waals surface area contributed by atoms with Crippen molar-refractivity contribution >= 4 is 35.1 Å². The standard InChI is InChI=1S/C22H26ClFN6O4/c23-19-18(11-25-29-20(19)31)30-10-9-17(12-30)34-22(33)28-16-7-5-15(6-8-16)27-21(32)26-14-3-1-13(24)2-4-14/h1-4,11,15-17H,5-10,12H2,(H,28,33)(H,29,31)(H2,26,27,32)/t15-,16-,17-/m1/s1. The van der Waals surface area contributed by atoms with Crippen LogP contribution in [0.15, 0.2) is 35.3 Å². The summed E-state index contributed by atoms with van der Waals surface area (Å²) < 4.78 is 18.5. The van der Waals surface area contributed by atoms with E-state index in [1.54, 1.807) is 0 Å². The fourth-order valence-electron chi connectivity index (χ4n) is 4.26. The van der Waals surface area contributed by atoms with Crippen LogP contribution < -0.4 is 26.4 Å². The molecule has 4 rings (SSSR count). The molecule has 1 saturated heterocycles. The van der Waals surface area contributed by atoms with Gasteiger partial charge in [-0.3, -0.25) is 4.79 Å². The second kappa shape index (κ2) is 10.7. The van der Waals surface area contributed by atoms with Crippen molar-refractivity contribution in [3.63, 3.8) is 0 Å². The first-order chi connectivity index (χ1) is 16.4. The SMILES string of the molecule is O=C(Nc1ccc(F)cc1)N[C@H]1CC[C@H](NC(=O)O[C@@H]2CCN(c3cn[nH]c(=O)c3Cl)C2)CC1. The Balaban J connectivity index is 1.16. The number of alkyl carbamates (subject to hydrolysis) is 1. The summed E-state index contributed by atoms with van der Waals surface area (Å²) in [5.74, 6) is -0.366. The van der Waals surface area contributed by atoms with Gasteiger partial charge in [-0.15, -0.1) is 0 Å². The average molecular weight is 493 g/mol. The van der Waals surface area contributed by atoms with E-state index in [9.17, 15) is 18.8 Å². The maximum atomic E-state index is 13.0. The van der Waals surface area contributed by atoms with Crippen LogP contribution >= 0.6 is 11.6 Å². The third-order valence-electron chi connectivity index (χ3n) is 6.02. The molecule has 182 valence electrons. The molecule has 4 N–H and O–H groups in total. The molecule has 1 aliphatic heterocycles. The Labute approximate surface area is 200 Å². The molecular formula is C22H26ClFN6O4. The van der Waals surface area contributed by atoms with Crippen molar-refractivity contribution in [2.45, 2.75) is 50.3 Å². The van der Waals surface area contributed by atoms with Gasteiger partial charge in [0.2, 0.25) is 0 Å². The number of ether oxygens (including phenoxy) is 1. The summed E-state index contributed by atoms with van der Waals surface area (Å²) in [5.41, 5.74) is 0.575. The van der Waals surface area contributed by atoms with E-state index in [-0.39, 0.29) is 35.1 Å². The lowest BCUT2D eigenvalue weighted by molar-refractivity contribution is 0.102. The number of aromatic nitrogens is 2. The predicted molar refractivity (Wildman–Crippen MR) is 125 cm³/mol. The minimum Gasteiger partial charge on any atom is -0.444 e. The highest BCUT2D eigenvalue weighted by Crippen LogP contribution is 2.26. The minimum absolute atomic E-state index is 0.00899. The van der Waals surface area contributed by atoms with Crippen LogP contribution in [0.1, 0.15) is 32.1 Å². The Bertz CT molecular complexity index is 1070. The Kier molecular flexibility index (Phi) is 7.51. The lowest BCUT2D eigenvalue weighted by atomic mass is 9.91. The van der Waals surface area contributed by atoms with E-state index in [0.29, 0.717) is 56.6 Å². The second-order valence-electron chi connectivity index (χ2n) is 8.46. The monoisotopic (exact) mass is 492 g/mol. The fourth-order valence-corrected chi connectivity index (χ4v) is 4.47. The van der Waals surface area contributed by atoms with Crippen molar-refractivity contribution in [3.8, 4) is 0 Å². The van der Waals surface area contributed by atoms with Crippen LogP contribution in [0, 0.1) is 5.82 Å². The van der Waals surface area contributed by atoms with Crippen LogP contribution in [0.2, 0.25) is 5.02 Å². The number of carbonyl (C=O) groups excluding carboxylic acids is 2. The quantitative estimate of drug-likeness (QED) is 0.508. The molecule has 2 fully saturated rings. The molecule has 3 amide bonds. The molecule has 0 spiro atoms. The summed E-state index contributed by atoms with van der Waals surface area (Å²) in [4.78, 5) is 38.0. The lowest BCUT2D eigenvalue weighted by Gasteiger charge is -2.29. The van der Waals surface area contributed by atoms with Gasteiger partial charge in [0, 0.05) is 30.7 Å². The Morgan fingerprint density at radius 3 is 2.47 bits per heavy atom. The topological polar surface area (TPSA) is 128 Å². The summed E-state index contributed by atoms with van der Waals surface area (Å²) in [5, 5.41) is 14.6. The first kappa shape index (κ1) is 23.8. The number of nitrogens with zero attached hydrogens (tertiary/aromatic N) is 2. The normalized spacial score (nSPS) is 22.2. The van der Waals surface area contributed by atoms with Crippen LogP contribution in [0.25, 0.3) is 0 Å². The number of hydrogen-bond acceptors (Lipinski definition) is 6. The zero-order valence-electron chi connectivity index (χ0n) is 18.4. The molecule has 0 bridgehead atoms. The molecule has 1 aliphatic carbocycles. The largest absolute Gasteiger partial charge is 0.444 e. The molecule has 10 nitrogen and oxygen atoms in total. The number of rotatable bonds is 5. The molecule has 0 unspecified atom stereocenters.